The Morgan fingerprint density at radius 1 is 1.53 bits per heavy atom. The first kappa shape index (κ1) is 14.7. The number of nitrogens with zero attached hydrogens (tertiary/aromatic N) is 1. The van der Waals surface area contributed by atoms with E-state index in [1.807, 2.05) is 0 Å². The Bertz CT molecular complexity index is 482. The number of aromatic nitrogens is 2. The van der Waals surface area contributed by atoms with E-state index in [0.29, 0.717) is 5.69 Å². The number of carbonyl (C=O) groups excluding carboxylic acids is 2. The summed E-state index contributed by atoms with van der Waals surface area (Å²) in [5, 5.41) is 17.6. The Hall–Kier alpha value is -2.38. The molecule has 3 N–H and O–H groups in total. The van der Waals surface area contributed by atoms with Crippen LogP contribution in [0.15, 0.2) is 6.07 Å². The summed E-state index contributed by atoms with van der Waals surface area (Å²) < 4.78 is 4.41. The largest absolute Gasteiger partial charge is 0.480 e. The van der Waals surface area contributed by atoms with Gasteiger partial charge in [0.05, 0.1) is 7.11 Å². The normalized spacial score (nSPS) is 11.7. The lowest BCUT2D eigenvalue weighted by molar-refractivity contribution is -0.142. The van der Waals surface area contributed by atoms with Crippen LogP contribution in [0.5, 0.6) is 0 Å². The summed E-state index contributed by atoms with van der Waals surface area (Å²) in [6.07, 6.45) is -0.134. The molecule has 0 aliphatic heterocycles. The number of rotatable bonds is 6. The van der Waals surface area contributed by atoms with Gasteiger partial charge in [-0.2, -0.15) is 5.10 Å². The van der Waals surface area contributed by atoms with Crippen LogP contribution < -0.4 is 5.32 Å². The highest BCUT2D eigenvalue weighted by Gasteiger charge is 2.22. The molecule has 1 rings (SSSR count). The Morgan fingerprint density at radius 3 is 2.68 bits per heavy atom. The Kier molecular flexibility index (Phi) is 5.04. The lowest BCUT2D eigenvalue weighted by Crippen LogP contribution is -2.41. The first-order chi connectivity index (χ1) is 8.93. The van der Waals surface area contributed by atoms with Crippen LogP contribution in [0.2, 0.25) is 0 Å². The topological polar surface area (TPSA) is 121 Å². The van der Waals surface area contributed by atoms with E-state index in [9.17, 15) is 14.4 Å². The van der Waals surface area contributed by atoms with Crippen molar-refractivity contribution in [2.45, 2.75) is 25.8 Å². The second-order valence-corrected chi connectivity index (χ2v) is 3.92. The average Bonchev–Trinajstić information content (AvgIpc) is 2.80. The highest BCUT2D eigenvalue weighted by Crippen LogP contribution is 2.03. The molecule has 0 saturated carbocycles. The summed E-state index contributed by atoms with van der Waals surface area (Å²) in [5.41, 5.74) is 0.786. The number of esters is 1. The van der Waals surface area contributed by atoms with E-state index >= 15 is 0 Å². The molecule has 8 heteroatoms. The Labute approximate surface area is 109 Å². The minimum absolute atomic E-state index is 0.0445. The highest BCUT2D eigenvalue weighted by molar-refractivity contribution is 5.95. The third-order valence-electron chi connectivity index (χ3n) is 2.41. The minimum atomic E-state index is -1.22. The number of hydrogen-bond acceptors (Lipinski definition) is 5. The second kappa shape index (κ2) is 6.53. The number of carboxylic acid groups (broad SMARTS) is 1. The van der Waals surface area contributed by atoms with Crippen molar-refractivity contribution >= 4 is 17.8 Å². The summed E-state index contributed by atoms with van der Waals surface area (Å²) in [5.74, 6) is -2.36. The molecule has 1 aromatic rings. The second-order valence-electron chi connectivity index (χ2n) is 3.92. The number of hydrogen-bond donors (Lipinski definition) is 3. The number of aliphatic carboxylic acids is 1. The van der Waals surface area contributed by atoms with E-state index in [2.05, 4.69) is 20.3 Å². The highest BCUT2D eigenvalue weighted by atomic mass is 16.5. The van der Waals surface area contributed by atoms with E-state index in [0.717, 1.165) is 0 Å². The van der Waals surface area contributed by atoms with Crippen LogP contribution in [0, 0.1) is 6.92 Å². The maximum Gasteiger partial charge on any atom is 0.326 e. The number of carboxylic acids is 1. The molecule has 0 fully saturated rings. The Morgan fingerprint density at radius 2 is 2.21 bits per heavy atom. The van der Waals surface area contributed by atoms with Crippen LogP contribution in [-0.2, 0) is 14.3 Å². The lowest BCUT2D eigenvalue weighted by Gasteiger charge is -2.12. The third kappa shape index (κ3) is 4.41. The SMILES string of the molecule is COC(=O)CCC(NC(=O)c1cc(C)[nH]n1)C(=O)O. The van der Waals surface area contributed by atoms with E-state index < -0.39 is 23.9 Å². The number of ether oxygens (including phenoxy) is 1. The van der Waals surface area contributed by atoms with Gasteiger partial charge in [-0.05, 0) is 19.4 Å². The summed E-state index contributed by atoms with van der Waals surface area (Å²) in [7, 11) is 1.21. The molecule has 0 radical (unpaired) electrons. The van der Waals surface area contributed by atoms with Crippen molar-refractivity contribution in [3.05, 3.63) is 17.5 Å². The van der Waals surface area contributed by atoms with Crippen molar-refractivity contribution < 1.29 is 24.2 Å². The molecule has 0 saturated heterocycles. The van der Waals surface area contributed by atoms with Gasteiger partial charge in [-0.1, -0.05) is 0 Å². The van der Waals surface area contributed by atoms with Crippen LogP contribution in [-0.4, -0.2) is 46.3 Å². The summed E-state index contributed by atoms with van der Waals surface area (Å²) in [4.78, 5) is 33.6. The van der Waals surface area contributed by atoms with Gasteiger partial charge in [0.15, 0.2) is 0 Å². The molecule has 0 aliphatic rings. The number of carbonyl (C=O) groups is 3. The summed E-state index contributed by atoms with van der Waals surface area (Å²) in [6.45, 7) is 1.72. The van der Waals surface area contributed by atoms with Gasteiger partial charge in [0, 0.05) is 12.1 Å². The van der Waals surface area contributed by atoms with Gasteiger partial charge in [-0.3, -0.25) is 14.7 Å². The van der Waals surface area contributed by atoms with Crippen LogP contribution in [0.25, 0.3) is 0 Å². The number of methoxy groups -OCH3 is 1. The van der Waals surface area contributed by atoms with Crippen LogP contribution in [0.4, 0.5) is 0 Å². The van der Waals surface area contributed by atoms with Crippen molar-refractivity contribution in [1.29, 1.82) is 0 Å². The number of aromatic amines is 1. The van der Waals surface area contributed by atoms with Crippen molar-refractivity contribution in [2.24, 2.45) is 0 Å². The fourth-order valence-electron chi connectivity index (χ4n) is 1.39. The molecular weight excluding hydrogens is 254 g/mol. The predicted octanol–water partition coefficient (Wildman–Crippen LogP) is -0.146. The summed E-state index contributed by atoms with van der Waals surface area (Å²) >= 11 is 0. The number of aryl methyl sites for hydroxylation is 1. The monoisotopic (exact) mass is 269 g/mol. The van der Waals surface area contributed by atoms with Gasteiger partial charge in [0.1, 0.15) is 11.7 Å². The first-order valence-corrected chi connectivity index (χ1v) is 5.56. The van der Waals surface area contributed by atoms with Crippen LogP contribution in [0.3, 0.4) is 0 Å². The Balaban J connectivity index is 2.61. The van der Waals surface area contributed by atoms with Crippen molar-refractivity contribution in [3.63, 3.8) is 0 Å². The molecule has 1 unspecified atom stereocenters. The fourth-order valence-corrected chi connectivity index (χ4v) is 1.39. The van der Waals surface area contributed by atoms with Gasteiger partial charge in [0.25, 0.3) is 5.91 Å². The zero-order chi connectivity index (χ0) is 14.4. The molecule has 0 spiro atoms. The van der Waals surface area contributed by atoms with Gasteiger partial charge in [-0.15, -0.1) is 0 Å². The molecule has 0 bridgehead atoms. The van der Waals surface area contributed by atoms with Gasteiger partial charge >= 0.3 is 11.9 Å². The zero-order valence-corrected chi connectivity index (χ0v) is 10.6. The van der Waals surface area contributed by atoms with Crippen LogP contribution >= 0.6 is 0 Å². The molecule has 19 heavy (non-hydrogen) atoms. The fraction of sp³-hybridized carbons (Fsp3) is 0.455. The third-order valence-corrected chi connectivity index (χ3v) is 2.41. The summed E-state index contributed by atoms with van der Waals surface area (Å²) in [6, 6.07) is 0.331. The molecule has 1 heterocycles. The van der Waals surface area contributed by atoms with Crippen molar-refractivity contribution in [1.82, 2.24) is 15.5 Å². The maximum atomic E-state index is 11.7. The van der Waals surface area contributed by atoms with Crippen LogP contribution in [0.1, 0.15) is 29.0 Å². The molecule has 104 valence electrons. The number of nitrogens with one attached hydrogen (secondary N) is 2. The number of amides is 1. The number of H-pyrrole nitrogens is 1. The molecule has 1 aromatic heterocycles. The zero-order valence-electron chi connectivity index (χ0n) is 10.6. The van der Waals surface area contributed by atoms with E-state index in [1.165, 1.54) is 13.2 Å². The minimum Gasteiger partial charge on any atom is -0.480 e. The van der Waals surface area contributed by atoms with E-state index in [4.69, 9.17) is 5.11 Å². The van der Waals surface area contributed by atoms with Crippen molar-refractivity contribution in [2.75, 3.05) is 7.11 Å². The van der Waals surface area contributed by atoms with Gasteiger partial charge in [0.2, 0.25) is 0 Å². The molecule has 1 atom stereocenters. The smallest absolute Gasteiger partial charge is 0.326 e. The molecule has 0 aliphatic carbocycles. The average molecular weight is 269 g/mol. The van der Waals surface area contributed by atoms with Gasteiger partial charge in [-0.25, -0.2) is 4.79 Å². The first-order valence-electron chi connectivity index (χ1n) is 5.56. The van der Waals surface area contributed by atoms with E-state index in [-0.39, 0.29) is 18.5 Å². The molecule has 1 amide bonds. The van der Waals surface area contributed by atoms with E-state index in [1.54, 1.807) is 6.92 Å². The quantitative estimate of drug-likeness (QED) is 0.618. The molecule has 0 aromatic carbocycles. The predicted molar refractivity (Wildman–Crippen MR) is 63.5 cm³/mol. The van der Waals surface area contributed by atoms with Crippen molar-refractivity contribution in [3.8, 4) is 0 Å². The maximum absolute atomic E-state index is 11.7. The lowest BCUT2D eigenvalue weighted by atomic mass is 10.1. The molecule has 8 nitrogen and oxygen atoms in total. The van der Waals surface area contributed by atoms with Gasteiger partial charge < -0.3 is 15.2 Å². The standard InChI is InChI=1S/C11H15N3O5/c1-6-5-8(14-13-6)10(16)12-7(11(17)18)3-4-9(15)19-2/h5,7H,3-4H2,1-2H3,(H,12,16)(H,13,14)(H,17,18). The molecular formula is C11H15N3O5.